The highest BCUT2D eigenvalue weighted by atomic mass is 19.4. The number of rotatable bonds is 7. The fraction of sp³-hybridized carbons (Fsp3) is 0.174. The Hall–Kier alpha value is -3.49. The third-order valence-corrected chi connectivity index (χ3v) is 4.50. The summed E-state index contributed by atoms with van der Waals surface area (Å²) in [6, 6.07) is 21.8. The van der Waals surface area contributed by atoms with Crippen LogP contribution in [0.15, 0.2) is 84.9 Å². The summed E-state index contributed by atoms with van der Waals surface area (Å²) in [5, 5.41) is 2.41. The summed E-state index contributed by atoms with van der Waals surface area (Å²) in [5.41, 5.74) is 0.866. The van der Waals surface area contributed by atoms with Crippen molar-refractivity contribution in [3.8, 4) is 5.75 Å². The molecule has 9 heteroatoms. The molecular weight excluding hydrogens is 436 g/mol. The third kappa shape index (κ3) is 5.40. The maximum absolute atomic E-state index is 13.8. The number of halogens is 6. The molecule has 3 rings (SSSR count). The van der Waals surface area contributed by atoms with Gasteiger partial charge in [-0.3, -0.25) is 4.79 Å². The van der Waals surface area contributed by atoms with Crippen molar-refractivity contribution in [2.45, 2.75) is 24.4 Å². The standard InChI is InChI=1S/C23H17F6NO2/c24-21(22(25,26)27)23(28,29)32-18-14-8-7-13-17(18)30-20(31)19(15-9-3-1-4-10-15)16-11-5-2-6-12-16/h1-14,19,21H,(H,30,31)/t21-/m0/s1. The molecule has 3 nitrogen and oxygen atoms in total. The van der Waals surface area contributed by atoms with Gasteiger partial charge in [-0.25, -0.2) is 4.39 Å². The molecule has 3 aromatic rings. The van der Waals surface area contributed by atoms with E-state index < -0.39 is 36.0 Å². The number of carbonyl (C=O) groups excluding carboxylic acids is 1. The van der Waals surface area contributed by atoms with Gasteiger partial charge in [0.05, 0.1) is 11.6 Å². The normalized spacial score (nSPS) is 13.0. The van der Waals surface area contributed by atoms with E-state index in [1.807, 2.05) is 0 Å². The van der Waals surface area contributed by atoms with Crippen LogP contribution in [0.25, 0.3) is 0 Å². The zero-order valence-electron chi connectivity index (χ0n) is 16.3. The molecular formula is C23H17F6NO2. The molecule has 0 unspecified atom stereocenters. The molecule has 0 heterocycles. The minimum Gasteiger partial charge on any atom is -0.428 e. The van der Waals surface area contributed by atoms with Crippen molar-refractivity contribution in [2.75, 3.05) is 5.32 Å². The number of amides is 1. The molecule has 1 N–H and O–H groups in total. The second-order valence-electron chi connectivity index (χ2n) is 6.81. The molecule has 0 aromatic heterocycles. The van der Waals surface area contributed by atoms with E-state index in [0.717, 1.165) is 12.1 Å². The second-order valence-corrected chi connectivity index (χ2v) is 6.81. The quantitative estimate of drug-likeness (QED) is 0.425. The number of benzene rings is 3. The number of nitrogens with one attached hydrogen (secondary N) is 1. The molecule has 0 spiro atoms. The number of carbonyl (C=O) groups is 1. The van der Waals surface area contributed by atoms with Crippen molar-refractivity contribution in [3.05, 3.63) is 96.1 Å². The van der Waals surface area contributed by atoms with Crippen LogP contribution in [0.3, 0.4) is 0 Å². The van der Waals surface area contributed by atoms with Gasteiger partial charge in [-0.2, -0.15) is 22.0 Å². The largest absolute Gasteiger partial charge is 0.439 e. The number of ether oxygens (including phenoxy) is 1. The van der Waals surface area contributed by atoms with Gasteiger partial charge < -0.3 is 10.1 Å². The van der Waals surface area contributed by atoms with E-state index in [9.17, 15) is 31.1 Å². The van der Waals surface area contributed by atoms with Crippen LogP contribution >= 0.6 is 0 Å². The minimum absolute atomic E-state index is 0.330. The fourth-order valence-corrected chi connectivity index (χ4v) is 3.04. The molecule has 1 atom stereocenters. The highest BCUT2D eigenvalue weighted by molar-refractivity contribution is 5.99. The first kappa shape index (κ1) is 23.2. The smallest absolute Gasteiger partial charge is 0.428 e. The van der Waals surface area contributed by atoms with Crippen LogP contribution < -0.4 is 10.1 Å². The topological polar surface area (TPSA) is 38.3 Å². The van der Waals surface area contributed by atoms with Crippen LogP contribution in [0.5, 0.6) is 5.75 Å². The Balaban J connectivity index is 1.90. The minimum atomic E-state index is -5.83. The van der Waals surface area contributed by atoms with Gasteiger partial charge in [-0.15, -0.1) is 0 Å². The molecule has 168 valence electrons. The van der Waals surface area contributed by atoms with Crippen LogP contribution in [0.1, 0.15) is 17.0 Å². The van der Waals surface area contributed by atoms with Gasteiger partial charge in [0.2, 0.25) is 5.91 Å². The van der Waals surface area contributed by atoms with E-state index in [4.69, 9.17) is 0 Å². The first-order valence-corrected chi connectivity index (χ1v) is 9.37. The molecule has 0 aliphatic carbocycles. The lowest BCUT2D eigenvalue weighted by Crippen LogP contribution is -2.45. The SMILES string of the molecule is O=C(Nc1ccccc1OC(F)(F)[C@@H](F)C(F)(F)F)C(c1ccccc1)c1ccccc1. The van der Waals surface area contributed by atoms with Crippen molar-refractivity contribution in [2.24, 2.45) is 0 Å². The number of alkyl halides is 6. The van der Waals surface area contributed by atoms with Crippen molar-refractivity contribution < 1.29 is 35.9 Å². The van der Waals surface area contributed by atoms with Crippen LogP contribution in [0.4, 0.5) is 32.0 Å². The number of anilines is 1. The van der Waals surface area contributed by atoms with Crippen molar-refractivity contribution in [3.63, 3.8) is 0 Å². The summed E-state index contributed by atoms with van der Waals surface area (Å²) in [6.07, 6.45) is -15.6. The Labute approximate surface area is 179 Å². The van der Waals surface area contributed by atoms with Gasteiger partial charge >= 0.3 is 12.3 Å². The molecule has 0 aliphatic heterocycles. The predicted octanol–water partition coefficient (Wildman–Crippen LogP) is 6.33. The first-order valence-electron chi connectivity index (χ1n) is 9.37. The van der Waals surface area contributed by atoms with Crippen LogP contribution in [0, 0.1) is 0 Å². The number of hydrogen-bond donors (Lipinski definition) is 1. The third-order valence-electron chi connectivity index (χ3n) is 4.50. The highest BCUT2D eigenvalue weighted by Gasteiger charge is 2.59. The van der Waals surface area contributed by atoms with Gasteiger partial charge in [-0.05, 0) is 23.3 Å². The number of hydrogen-bond acceptors (Lipinski definition) is 2. The average Bonchev–Trinajstić information content (AvgIpc) is 2.75. The Bertz CT molecular complexity index is 1000. The molecule has 0 saturated heterocycles. The van der Waals surface area contributed by atoms with Crippen molar-refractivity contribution in [1.82, 2.24) is 0 Å². The molecule has 0 bridgehead atoms. The van der Waals surface area contributed by atoms with Crippen molar-refractivity contribution >= 4 is 11.6 Å². The van der Waals surface area contributed by atoms with E-state index in [0.29, 0.717) is 11.1 Å². The van der Waals surface area contributed by atoms with Gasteiger partial charge in [0.1, 0.15) is 5.75 Å². The Morgan fingerprint density at radius 2 is 1.22 bits per heavy atom. The molecule has 0 saturated carbocycles. The lowest BCUT2D eigenvalue weighted by atomic mass is 9.90. The summed E-state index contributed by atoms with van der Waals surface area (Å²) in [7, 11) is 0. The van der Waals surface area contributed by atoms with Gasteiger partial charge in [-0.1, -0.05) is 72.8 Å². The Kier molecular flexibility index (Phi) is 6.76. The van der Waals surface area contributed by atoms with E-state index in [1.54, 1.807) is 60.7 Å². The monoisotopic (exact) mass is 453 g/mol. The average molecular weight is 453 g/mol. The molecule has 1 amide bonds. The fourth-order valence-electron chi connectivity index (χ4n) is 3.04. The summed E-state index contributed by atoms with van der Waals surface area (Å²) >= 11 is 0. The van der Waals surface area contributed by atoms with E-state index in [-0.39, 0.29) is 5.69 Å². The summed E-state index contributed by atoms with van der Waals surface area (Å²) in [6.45, 7) is 0. The molecule has 3 aromatic carbocycles. The van der Waals surface area contributed by atoms with Crippen LogP contribution in [-0.4, -0.2) is 24.4 Å². The van der Waals surface area contributed by atoms with Gasteiger partial charge in [0.15, 0.2) is 0 Å². The lowest BCUT2D eigenvalue weighted by molar-refractivity contribution is -0.304. The highest BCUT2D eigenvalue weighted by Crippen LogP contribution is 2.39. The maximum atomic E-state index is 13.8. The summed E-state index contributed by atoms with van der Waals surface area (Å²) < 4.78 is 82.2. The van der Waals surface area contributed by atoms with E-state index in [2.05, 4.69) is 10.1 Å². The molecule has 0 aliphatic rings. The number of para-hydroxylation sites is 2. The van der Waals surface area contributed by atoms with Gasteiger partial charge in [0, 0.05) is 0 Å². The molecule has 0 fully saturated rings. The summed E-state index contributed by atoms with van der Waals surface area (Å²) in [4.78, 5) is 13.1. The molecule has 32 heavy (non-hydrogen) atoms. The van der Waals surface area contributed by atoms with Gasteiger partial charge in [0.25, 0.3) is 6.17 Å². The van der Waals surface area contributed by atoms with Crippen molar-refractivity contribution in [1.29, 1.82) is 0 Å². The lowest BCUT2D eigenvalue weighted by Gasteiger charge is -2.25. The van der Waals surface area contributed by atoms with E-state index in [1.165, 1.54) is 12.1 Å². The Morgan fingerprint density at radius 1 is 0.750 bits per heavy atom. The molecule has 0 radical (unpaired) electrons. The van der Waals surface area contributed by atoms with Crippen LogP contribution in [0.2, 0.25) is 0 Å². The predicted molar refractivity (Wildman–Crippen MR) is 106 cm³/mol. The maximum Gasteiger partial charge on any atom is 0.439 e. The zero-order valence-corrected chi connectivity index (χ0v) is 16.3. The second kappa shape index (κ2) is 9.33. The zero-order chi connectivity index (χ0) is 23.4. The first-order chi connectivity index (χ1) is 15.1. The van der Waals surface area contributed by atoms with E-state index >= 15 is 0 Å². The summed E-state index contributed by atoms with van der Waals surface area (Å²) in [5.74, 6) is -2.30. The van der Waals surface area contributed by atoms with Crippen LogP contribution in [-0.2, 0) is 4.79 Å². The Morgan fingerprint density at radius 3 is 1.72 bits per heavy atom.